The van der Waals surface area contributed by atoms with E-state index in [9.17, 15) is 22.0 Å². The molecule has 2 aromatic carbocycles. The summed E-state index contributed by atoms with van der Waals surface area (Å²) in [5.41, 5.74) is 1.56. The first-order valence-electron chi connectivity index (χ1n) is 10.4. The largest absolute Gasteiger partial charge is 0.435 e. The van der Waals surface area contributed by atoms with E-state index in [1.54, 1.807) is 19.1 Å². The zero-order valence-electron chi connectivity index (χ0n) is 17.8. The van der Waals surface area contributed by atoms with E-state index in [0.717, 1.165) is 25.7 Å². The van der Waals surface area contributed by atoms with Crippen LogP contribution in [0.15, 0.2) is 47.4 Å². The fourth-order valence-corrected chi connectivity index (χ4v) is 5.29. The summed E-state index contributed by atoms with van der Waals surface area (Å²) in [7, 11) is -3.64. The Balaban J connectivity index is 1.63. The van der Waals surface area contributed by atoms with Gasteiger partial charge in [0.1, 0.15) is 5.75 Å². The van der Waals surface area contributed by atoms with Gasteiger partial charge in [0.15, 0.2) is 0 Å². The number of ether oxygens (including phenoxy) is 1. The molecule has 1 fully saturated rings. The van der Waals surface area contributed by atoms with Crippen LogP contribution in [0.5, 0.6) is 5.75 Å². The van der Waals surface area contributed by atoms with Gasteiger partial charge in [0, 0.05) is 24.5 Å². The summed E-state index contributed by atoms with van der Waals surface area (Å²) < 4.78 is 56.5. The highest BCUT2D eigenvalue weighted by atomic mass is 32.2. The number of benzene rings is 2. The first kappa shape index (κ1) is 23.9. The van der Waals surface area contributed by atoms with Crippen LogP contribution in [0.2, 0.25) is 0 Å². The molecule has 0 aliphatic carbocycles. The van der Waals surface area contributed by atoms with Crippen molar-refractivity contribution in [1.29, 1.82) is 0 Å². The smallest absolute Gasteiger partial charge is 0.387 e. The van der Waals surface area contributed by atoms with Crippen molar-refractivity contribution in [3.63, 3.8) is 0 Å². The molecule has 0 atom stereocenters. The van der Waals surface area contributed by atoms with Crippen molar-refractivity contribution in [2.24, 2.45) is 0 Å². The SMILES string of the molecule is Cc1ccc(NC(=O)CNc2ccc(OC(F)F)cc2)cc1S(=O)(=O)N1CCCCCC1. The molecule has 2 aromatic rings. The molecule has 0 bridgehead atoms. The van der Waals surface area contributed by atoms with Crippen LogP contribution in [0.4, 0.5) is 20.2 Å². The molecule has 0 saturated carbocycles. The van der Waals surface area contributed by atoms with Crippen molar-refractivity contribution in [1.82, 2.24) is 4.31 Å². The van der Waals surface area contributed by atoms with Crippen LogP contribution < -0.4 is 15.4 Å². The summed E-state index contributed by atoms with van der Waals surface area (Å²) in [6.45, 7) is -0.245. The molecule has 0 unspecified atom stereocenters. The molecule has 1 aliphatic heterocycles. The van der Waals surface area contributed by atoms with Gasteiger partial charge >= 0.3 is 6.61 Å². The molecule has 1 saturated heterocycles. The van der Waals surface area contributed by atoms with Gasteiger partial charge in [-0.25, -0.2) is 8.42 Å². The molecule has 0 spiro atoms. The second-order valence-corrected chi connectivity index (χ2v) is 9.51. The number of carbonyl (C=O) groups is 1. The fourth-order valence-electron chi connectivity index (χ4n) is 3.52. The van der Waals surface area contributed by atoms with Gasteiger partial charge in [0.25, 0.3) is 0 Å². The Labute approximate surface area is 186 Å². The summed E-state index contributed by atoms with van der Waals surface area (Å²) in [4.78, 5) is 12.5. The molecular formula is C22H27F2N3O4S. The monoisotopic (exact) mass is 467 g/mol. The van der Waals surface area contributed by atoms with Gasteiger partial charge in [-0.3, -0.25) is 4.79 Å². The molecule has 174 valence electrons. The average Bonchev–Trinajstić information content (AvgIpc) is 3.04. The number of anilines is 2. The highest BCUT2D eigenvalue weighted by Crippen LogP contribution is 2.26. The highest BCUT2D eigenvalue weighted by Gasteiger charge is 2.27. The predicted molar refractivity (Wildman–Crippen MR) is 119 cm³/mol. The lowest BCUT2D eigenvalue weighted by molar-refractivity contribution is -0.114. The van der Waals surface area contributed by atoms with Crippen LogP contribution in [0, 0.1) is 6.92 Å². The van der Waals surface area contributed by atoms with Gasteiger partial charge < -0.3 is 15.4 Å². The van der Waals surface area contributed by atoms with E-state index < -0.39 is 16.6 Å². The number of carbonyl (C=O) groups excluding carboxylic acids is 1. The minimum absolute atomic E-state index is 0.0211. The molecule has 1 amide bonds. The van der Waals surface area contributed by atoms with Gasteiger partial charge in [-0.15, -0.1) is 0 Å². The topological polar surface area (TPSA) is 87.7 Å². The Morgan fingerprint density at radius 2 is 1.66 bits per heavy atom. The maximum atomic E-state index is 13.1. The van der Waals surface area contributed by atoms with Gasteiger partial charge in [-0.2, -0.15) is 13.1 Å². The van der Waals surface area contributed by atoms with Crippen LogP contribution in [0.25, 0.3) is 0 Å². The Kier molecular flexibility index (Phi) is 8.03. The number of halogens is 2. The van der Waals surface area contributed by atoms with Crippen LogP contribution in [0.3, 0.4) is 0 Å². The maximum absolute atomic E-state index is 13.1. The van der Waals surface area contributed by atoms with Crippen LogP contribution >= 0.6 is 0 Å². The summed E-state index contributed by atoms with van der Waals surface area (Å²) in [5.74, 6) is -0.354. The van der Waals surface area contributed by atoms with Crippen molar-refractivity contribution in [3.8, 4) is 5.75 Å². The molecule has 1 aliphatic rings. The van der Waals surface area contributed by atoms with Crippen molar-refractivity contribution in [2.75, 3.05) is 30.3 Å². The molecule has 7 nitrogen and oxygen atoms in total. The van der Waals surface area contributed by atoms with E-state index in [2.05, 4.69) is 15.4 Å². The van der Waals surface area contributed by atoms with Gasteiger partial charge in [0.05, 0.1) is 11.4 Å². The lowest BCUT2D eigenvalue weighted by atomic mass is 10.2. The van der Waals surface area contributed by atoms with Crippen molar-refractivity contribution < 1.29 is 26.7 Å². The Morgan fingerprint density at radius 3 is 2.28 bits per heavy atom. The lowest BCUT2D eigenvalue weighted by Crippen LogP contribution is -2.32. The third kappa shape index (κ3) is 6.39. The van der Waals surface area contributed by atoms with E-state index in [-0.39, 0.29) is 23.1 Å². The fraction of sp³-hybridized carbons (Fsp3) is 0.409. The molecule has 1 heterocycles. The third-order valence-corrected chi connectivity index (χ3v) is 7.23. The number of hydrogen-bond donors (Lipinski definition) is 2. The van der Waals surface area contributed by atoms with E-state index >= 15 is 0 Å². The average molecular weight is 468 g/mol. The highest BCUT2D eigenvalue weighted by molar-refractivity contribution is 7.89. The number of aryl methyl sites for hydroxylation is 1. The third-order valence-electron chi connectivity index (χ3n) is 5.19. The molecule has 2 N–H and O–H groups in total. The summed E-state index contributed by atoms with van der Waals surface area (Å²) in [6, 6.07) is 10.6. The van der Waals surface area contributed by atoms with E-state index in [4.69, 9.17) is 0 Å². The molecule has 10 heteroatoms. The van der Waals surface area contributed by atoms with Crippen LogP contribution in [-0.2, 0) is 14.8 Å². The van der Waals surface area contributed by atoms with E-state index in [0.29, 0.717) is 30.0 Å². The quantitative estimate of drug-likeness (QED) is 0.607. The molecule has 0 aromatic heterocycles. The van der Waals surface area contributed by atoms with Gasteiger partial charge in [-0.1, -0.05) is 18.9 Å². The second kappa shape index (κ2) is 10.7. The molecule has 3 rings (SSSR count). The number of nitrogens with zero attached hydrogens (tertiary/aromatic N) is 1. The number of alkyl halides is 2. The van der Waals surface area contributed by atoms with Crippen molar-refractivity contribution >= 4 is 27.3 Å². The van der Waals surface area contributed by atoms with Gasteiger partial charge in [-0.05, 0) is 61.7 Å². The van der Waals surface area contributed by atoms with E-state index in [1.165, 1.54) is 34.6 Å². The van der Waals surface area contributed by atoms with Crippen LogP contribution in [0.1, 0.15) is 31.2 Å². The Morgan fingerprint density at radius 1 is 1.03 bits per heavy atom. The zero-order valence-corrected chi connectivity index (χ0v) is 18.6. The van der Waals surface area contributed by atoms with Crippen LogP contribution in [-0.4, -0.2) is 44.9 Å². The van der Waals surface area contributed by atoms with Crippen molar-refractivity contribution in [2.45, 2.75) is 44.1 Å². The minimum atomic E-state index is -3.64. The predicted octanol–water partition coefficient (Wildman–Crippen LogP) is 4.21. The first-order valence-corrected chi connectivity index (χ1v) is 11.9. The number of nitrogens with one attached hydrogen (secondary N) is 2. The van der Waals surface area contributed by atoms with E-state index in [1.807, 2.05) is 0 Å². The Bertz CT molecular complexity index is 1020. The molecule has 32 heavy (non-hydrogen) atoms. The van der Waals surface area contributed by atoms with Gasteiger partial charge in [0.2, 0.25) is 15.9 Å². The normalized spacial score (nSPS) is 15.2. The minimum Gasteiger partial charge on any atom is -0.435 e. The lowest BCUT2D eigenvalue weighted by Gasteiger charge is -2.21. The summed E-state index contributed by atoms with van der Waals surface area (Å²) in [6.07, 6.45) is 3.73. The Hall–Kier alpha value is -2.72. The second-order valence-electron chi connectivity index (χ2n) is 7.60. The number of hydrogen-bond acceptors (Lipinski definition) is 5. The maximum Gasteiger partial charge on any atom is 0.387 e. The number of rotatable bonds is 8. The first-order chi connectivity index (χ1) is 15.3. The number of amides is 1. The molecular weight excluding hydrogens is 440 g/mol. The summed E-state index contributed by atoms with van der Waals surface area (Å²) >= 11 is 0. The molecule has 0 radical (unpaired) electrons. The standard InChI is InChI=1S/C22H27F2N3O4S/c1-16-6-7-18(14-20(16)32(29,30)27-12-4-2-3-5-13-27)26-21(28)15-25-17-8-10-19(11-9-17)31-22(23)24/h6-11,14,22,25H,2-5,12-13,15H2,1H3,(H,26,28). The zero-order chi connectivity index (χ0) is 23.1. The van der Waals surface area contributed by atoms with Crippen molar-refractivity contribution in [3.05, 3.63) is 48.0 Å². The number of sulfonamides is 1. The summed E-state index contributed by atoms with van der Waals surface area (Å²) in [5, 5.41) is 5.57.